The van der Waals surface area contributed by atoms with Gasteiger partial charge in [0.05, 0.1) is 6.61 Å². The number of carbonyl (C=O) groups is 1. The van der Waals surface area contributed by atoms with Gasteiger partial charge in [-0.05, 0) is 31.4 Å². The monoisotopic (exact) mass is 288 g/mol. The van der Waals surface area contributed by atoms with Crippen LogP contribution in [0.25, 0.3) is 0 Å². The normalized spacial score (nSPS) is 13.8. The number of rotatable bonds is 5. The maximum Gasteiger partial charge on any atom is 0.319 e. The van der Waals surface area contributed by atoms with Crippen molar-refractivity contribution in [3.05, 3.63) is 29.3 Å². The summed E-state index contributed by atoms with van der Waals surface area (Å²) in [4.78, 5) is 11.7. The van der Waals surface area contributed by atoms with Crippen LogP contribution in [0.2, 0.25) is 5.02 Å². The summed E-state index contributed by atoms with van der Waals surface area (Å²) in [7, 11) is 0. The van der Waals surface area contributed by atoms with Gasteiger partial charge in [-0.15, -0.1) is 0 Å². The summed E-state index contributed by atoms with van der Waals surface area (Å²) in [6.07, 6.45) is 1.90. The molecule has 0 aliphatic heterocycles. The molecule has 6 heteroatoms. The fourth-order valence-corrected chi connectivity index (χ4v) is 2.29. The molecule has 0 radical (unpaired) electrons. The smallest absolute Gasteiger partial charge is 0.319 e. The van der Waals surface area contributed by atoms with Gasteiger partial charge in [-0.1, -0.05) is 17.7 Å². The van der Waals surface area contributed by atoms with Crippen molar-refractivity contribution < 1.29 is 9.90 Å². The van der Waals surface area contributed by atoms with Gasteiger partial charge in [0.25, 0.3) is 0 Å². The molecule has 0 saturated carbocycles. The lowest BCUT2D eigenvalue weighted by molar-refractivity contribution is 0.243. The summed E-state index contributed by atoms with van der Waals surface area (Å²) in [5.74, 6) is 0. The van der Waals surface area contributed by atoms with E-state index in [4.69, 9.17) is 16.7 Å². The van der Waals surface area contributed by atoms with Crippen LogP contribution in [0.5, 0.6) is 0 Å². The SMILES string of the molecule is CSC(CO)C(C)NC(=O)Nc1cccc(Cl)c1. The summed E-state index contributed by atoms with van der Waals surface area (Å²) in [5, 5.41) is 15.1. The highest BCUT2D eigenvalue weighted by Gasteiger charge is 2.17. The lowest BCUT2D eigenvalue weighted by Gasteiger charge is -2.21. The van der Waals surface area contributed by atoms with Gasteiger partial charge in [-0.2, -0.15) is 11.8 Å². The van der Waals surface area contributed by atoms with Crippen molar-refractivity contribution in [2.24, 2.45) is 0 Å². The van der Waals surface area contributed by atoms with Crippen LogP contribution in [-0.2, 0) is 0 Å². The standard InChI is InChI=1S/C12H17ClN2O2S/c1-8(11(7-16)18-2)14-12(17)15-10-5-3-4-9(13)6-10/h3-6,8,11,16H,7H2,1-2H3,(H2,14,15,17). The Morgan fingerprint density at radius 1 is 1.56 bits per heavy atom. The fraction of sp³-hybridized carbons (Fsp3) is 0.417. The number of halogens is 1. The predicted octanol–water partition coefficient (Wildman–Crippen LogP) is 2.57. The first kappa shape index (κ1) is 15.1. The van der Waals surface area contributed by atoms with Gasteiger partial charge < -0.3 is 15.7 Å². The molecule has 2 amide bonds. The minimum Gasteiger partial charge on any atom is -0.395 e. The summed E-state index contributed by atoms with van der Waals surface area (Å²) >= 11 is 7.34. The number of aliphatic hydroxyl groups is 1. The maximum atomic E-state index is 11.7. The number of nitrogens with one attached hydrogen (secondary N) is 2. The number of hydrogen-bond donors (Lipinski definition) is 3. The van der Waals surface area contributed by atoms with Crippen LogP contribution in [0, 0.1) is 0 Å². The molecule has 0 saturated heterocycles. The van der Waals surface area contributed by atoms with E-state index >= 15 is 0 Å². The van der Waals surface area contributed by atoms with E-state index < -0.39 is 0 Å². The van der Waals surface area contributed by atoms with Crippen molar-refractivity contribution in [1.29, 1.82) is 0 Å². The van der Waals surface area contributed by atoms with Crippen LogP contribution in [0.4, 0.5) is 10.5 Å². The van der Waals surface area contributed by atoms with Crippen molar-refractivity contribution in [2.75, 3.05) is 18.2 Å². The molecule has 0 fully saturated rings. The minimum atomic E-state index is -0.308. The van der Waals surface area contributed by atoms with Crippen molar-refractivity contribution >= 4 is 35.1 Å². The number of anilines is 1. The third kappa shape index (κ3) is 4.76. The van der Waals surface area contributed by atoms with Gasteiger partial charge in [-0.25, -0.2) is 4.79 Å². The molecule has 0 aliphatic carbocycles. The van der Waals surface area contributed by atoms with E-state index in [0.29, 0.717) is 10.7 Å². The third-order valence-corrected chi connectivity index (χ3v) is 3.88. The molecule has 3 N–H and O–H groups in total. The van der Waals surface area contributed by atoms with Crippen LogP contribution in [0.15, 0.2) is 24.3 Å². The first-order valence-electron chi connectivity index (χ1n) is 5.53. The van der Waals surface area contributed by atoms with Gasteiger partial charge in [0, 0.05) is 22.0 Å². The molecule has 0 bridgehead atoms. The number of carbonyl (C=O) groups excluding carboxylic acids is 1. The highest BCUT2D eigenvalue weighted by atomic mass is 35.5. The quantitative estimate of drug-likeness (QED) is 0.780. The summed E-state index contributed by atoms with van der Waals surface area (Å²) in [5.41, 5.74) is 0.636. The first-order chi connectivity index (χ1) is 8.56. The number of urea groups is 1. The molecule has 1 rings (SSSR count). The second-order valence-corrected chi connectivity index (χ2v) is 5.37. The molecule has 100 valence electrons. The van der Waals surface area contributed by atoms with E-state index in [9.17, 15) is 4.79 Å². The molecule has 0 aromatic heterocycles. The second kappa shape index (κ2) is 7.51. The maximum absolute atomic E-state index is 11.7. The van der Waals surface area contributed by atoms with E-state index in [2.05, 4.69) is 10.6 Å². The van der Waals surface area contributed by atoms with Crippen LogP contribution in [-0.4, -0.2) is 35.3 Å². The topological polar surface area (TPSA) is 61.4 Å². The fourth-order valence-electron chi connectivity index (χ4n) is 1.47. The zero-order valence-electron chi connectivity index (χ0n) is 10.3. The van der Waals surface area contributed by atoms with Gasteiger partial charge in [0.15, 0.2) is 0 Å². The Labute approximate surface area is 116 Å². The number of benzene rings is 1. The van der Waals surface area contributed by atoms with E-state index in [-0.39, 0.29) is 23.9 Å². The summed E-state index contributed by atoms with van der Waals surface area (Å²) in [6.45, 7) is 1.88. The highest BCUT2D eigenvalue weighted by Crippen LogP contribution is 2.15. The van der Waals surface area contributed by atoms with E-state index in [0.717, 1.165) is 0 Å². The average molecular weight is 289 g/mol. The Morgan fingerprint density at radius 3 is 2.83 bits per heavy atom. The molecule has 0 heterocycles. The molecule has 0 spiro atoms. The Hall–Kier alpha value is -0.910. The number of hydrogen-bond acceptors (Lipinski definition) is 3. The Balaban J connectivity index is 2.51. The van der Waals surface area contributed by atoms with Gasteiger partial charge in [-0.3, -0.25) is 0 Å². The molecular weight excluding hydrogens is 272 g/mol. The van der Waals surface area contributed by atoms with E-state index in [1.165, 1.54) is 11.8 Å². The molecule has 2 unspecified atom stereocenters. The van der Waals surface area contributed by atoms with Gasteiger partial charge in [0.1, 0.15) is 0 Å². The predicted molar refractivity (Wildman–Crippen MR) is 77.5 cm³/mol. The zero-order valence-corrected chi connectivity index (χ0v) is 11.9. The van der Waals surface area contributed by atoms with Crippen molar-refractivity contribution in [3.8, 4) is 0 Å². The average Bonchev–Trinajstić information content (AvgIpc) is 2.30. The van der Waals surface area contributed by atoms with Crippen LogP contribution < -0.4 is 10.6 Å². The largest absolute Gasteiger partial charge is 0.395 e. The van der Waals surface area contributed by atoms with Crippen LogP contribution >= 0.6 is 23.4 Å². The lowest BCUT2D eigenvalue weighted by atomic mass is 10.2. The molecular formula is C12H17ClN2O2S. The van der Waals surface area contributed by atoms with Crippen molar-refractivity contribution in [2.45, 2.75) is 18.2 Å². The lowest BCUT2D eigenvalue weighted by Crippen LogP contribution is -2.43. The van der Waals surface area contributed by atoms with Crippen LogP contribution in [0.3, 0.4) is 0 Å². The zero-order chi connectivity index (χ0) is 13.5. The molecule has 4 nitrogen and oxygen atoms in total. The summed E-state index contributed by atoms with van der Waals surface area (Å²) in [6, 6.07) is 6.50. The van der Waals surface area contributed by atoms with Gasteiger partial charge in [0.2, 0.25) is 0 Å². The summed E-state index contributed by atoms with van der Waals surface area (Å²) < 4.78 is 0. The van der Waals surface area contributed by atoms with Crippen molar-refractivity contribution in [1.82, 2.24) is 5.32 Å². The van der Waals surface area contributed by atoms with E-state index in [1.807, 2.05) is 13.2 Å². The van der Waals surface area contributed by atoms with Crippen molar-refractivity contribution in [3.63, 3.8) is 0 Å². The first-order valence-corrected chi connectivity index (χ1v) is 7.20. The minimum absolute atomic E-state index is 0.0184. The molecule has 1 aromatic rings. The Bertz CT molecular complexity index is 399. The number of thioether (sulfide) groups is 1. The molecule has 2 atom stereocenters. The van der Waals surface area contributed by atoms with E-state index in [1.54, 1.807) is 24.3 Å². The second-order valence-electron chi connectivity index (χ2n) is 3.85. The number of aliphatic hydroxyl groups excluding tert-OH is 1. The molecule has 18 heavy (non-hydrogen) atoms. The highest BCUT2D eigenvalue weighted by molar-refractivity contribution is 7.99. The van der Waals surface area contributed by atoms with Crippen LogP contribution in [0.1, 0.15) is 6.92 Å². The number of amides is 2. The third-order valence-electron chi connectivity index (χ3n) is 2.48. The Morgan fingerprint density at radius 2 is 2.28 bits per heavy atom. The Kier molecular flexibility index (Phi) is 6.32. The van der Waals surface area contributed by atoms with Gasteiger partial charge >= 0.3 is 6.03 Å². The molecule has 0 aliphatic rings. The molecule has 1 aromatic carbocycles.